The monoisotopic (exact) mass is 224 g/mol. The number of nitrogens with zero attached hydrogens (tertiary/aromatic N) is 1. The fourth-order valence-electron chi connectivity index (χ4n) is 2.57. The SMILES string of the molecule is NC1C=C(c2cccc3ccncc23)CCC1. The maximum Gasteiger partial charge on any atom is 0.0352 e. The number of fused-ring (bicyclic) bond motifs is 1. The number of hydrogen-bond donors (Lipinski definition) is 1. The first-order valence-corrected chi connectivity index (χ1v) is 6.14. The second-order valence-corrected chi connectivity index (χ2v) is 4.65. The van der Waals surface area contributed by atoms with Gasteiger partial charge in [-0.15, -0.1) is 0 Å². The van der Waals surface area contributed by atoms with Crippen LogP contribution in [0.1, 0.15) is 24.8 Å². The van der Waals surface area contributed by atoms with E-state index in [0.717, 1.165) is 12.8 Å². The molecular weight excluding hydrogens is 208 g/mol. The van der Waals surface area contributed by atoms with Crippen molar-refractivity contribution in [1.29, 1.82) is 0 Å². The third-order valence-corrected chi connectivity index (χ3v) is 3.43. The molecule has 3 rings (SSSR count). The highest BCUT2D eigenvalue weighted by molar-refractivity contribution is 5.93. The molecule has 2 nitrogen and oxygen atoms in total. The van der Waals surface area contributed by atoms with E-state index in [1.54, 1.807) is 0 Å². The molecule has 0 radical (unpaired) electrons. The van der Waals surface area contributed by atoms with Crippen LogP contribution in [0.3, 0.4) is 0 Å². The first-order chi connectivity index (χ1) is 8.34. The van der Waals surface area contributed by atoms with Gasteiger partial charge >= 0.3 is 0 Å². The van der Waals surface area contributed by atoms with Crippen molar-refractivity contribution in [2.24, 2.45) is 5.73 Å². The predicted molar refractivity (Wildman–Crippen MR) is 71.5 cm³/mol. The lowest BCUT2D eigenvalue weighted by molar-refractivity contribution is 0.655. The molecule has 0 saturated heterocycles. The Morgan fingerprint density at radius 1 is 1.24 bits per heavy atom. The molecule has 1 aliphatic carbocycles. The van der Waals surface area contributed by atoms with Gasteiger partial charge in [-0.25, -0.2) is 0 Å². The zero-order valence-corrected chi connectivity index (χ0v) is 9.76. The fourth-order valence-corrected chi connectivity index (χ4v) is 2.57. The highest BCUT2D eigenvalue weighted by atomic mass is 14.6. The van der Waals surface area contributed by atoms with E-state index in [1.165, 1.54) is 28.3 Å². The van der Waals surface area contributed by atoms with Crippen molar-refractivity contribution in [2.75, 3.05) is 0 Å². The van der Waals surface area contributed by atoms with Gasteiger partial charge in [0, 0.05) is 23.8 Å². The average molecular weight is 224 g/mol. The van der Waals surface area contributed by atoms with Gasteiger partial charge in [-0.2, -0.15) is 0 Å². The summed E-state index contributed by atoms with van der Waals surface area (Å²) in [6, 6.07) is 8.68. The lowest BCUT2D eigenvalue weighted by Crippen LogP contribution is -2.20. The Morgan fingerprint density at radius 2 is 2.18 bits per heavy atom. The van der Waals surface area contributed by atoms with Gasteiger partial charge in [-0.3, -0.25) is 4.98 Å². The summed E-state index contributed by atoms with van der Waals surface area (Å²) in [7, 11) is 0. The molecule has 0 aliphatic heterocycles. The number of pyridine rings is 1. The standard InChI is InChI=1S/C15H16N2/c16-13-5-1-4-12(9-13)14-6-2-3-11-7-8-17-10-15(11)14/h2-3,6-10,13H,1,4-5,16H2. The fraction of sp³-hybridized carbons (Fsp3) is 0.267. The molecule has 0 saturated carbocycles. The molecule has 1 atom stereocenters. The Balaban J connectivity index is 2.17. The minimum Gasteiger partial charge on any atom is -0.324 e. The smallest absolute Gasteiger partial charge is 0.0352 e. The van der Waals surface area contributed by atoms with Crippen molar-refractivity contribution in [3.05, 3.63) is 48.3 Å². The van der Waals surface area contributed by atoms with Gasteiger partial charge in [0.1, 0.15) is 0 Å². The lowest BCUT2D eigenvalue weighted by Gasteiger charge is -2.19. The highest BCUT2D eigenvalue weighted by Crippen LogP contribution is 2.30. The number of aromatic nitrogens is 1. The second-order valence-electron chi connectivity index (χ2n) is 4.65. The Kier molecular flexibility index (Phi) is 2.65. The van der Waals surface area contributed by atoms with Gasteiger partial charge in [0.2, 0.25) is 0 Å². The molecule has 17 heavy (non-hydrogen) atoms. The topological polar surface area (TPSA) is 38.9 Å². The zero-order chi connectivity index (χ0) is 11.7. The summed E-state index contributed by atoms with van der Waals surface area (Å²) in [5.41, 5.74) is 8.69. The second kappa shape index (κ2) is 4.30. The van der Waals surface area contributed by atoms with E-state index in [0.29, 0.717) is 0 Å². The van der Waals surface area contributed by atoms with Crippen LogP contribution in [0.4, 0.5) is 0 Å². The summed E-state index contributed by atoms with van der Waals surface area (Å²) in [6.45, 7) is 0. The van der Waals surface area contributed by atoms with Crippen LogP contribution in [0.2, 0.25) is 0 Å². The van der Waals surface area contributed by atoms with Gasteiger partial charge in [-0.1, -0.05) is 24.3 Å². The number of nitrogens with two attached hydrogens (primary N) is 1. The highest BCUT2D eigenvalue weighted by Gasteiger charge is 2.13. The molecule has 2 aromatic rings. The van der Waals surface area contributed by atoms with E-state index < -0.39 is 0 Å². The van der Waals surface area contributed by atoms with Crippen LogP contribution in [-0.2, 0) is 0 Å². The third-order valence-electron chi connectivity index (χ3n) is 3.43. The van der Waals surface area contributed by atoms with Crippen molar-refractivity contribution in [3.8, 4) is 0 Å². The molecule has 1 aromatic heterocycles. The maximum atomic E-state index is 6.01. The van der Waals surface area contributed by atoms with Crippen molar-refractivity contribution < 1.29 is 0 Å². The summed E-state index contributed by atoms with van der Waals surface area (Å²) < 4.78 is 0. The first-order valence-electron chi connectivity index (χ1n) is 6.14. The van der Waals surface area contributed by atoms with E-state index in [-0.39, 0.29) is 6.04 Å². The minimum absolute atomic E-state index is 0.214. The van der Waals surface area contributed by atoms with E-state index in [9.17, 15) is 0 Å². The first kappa shape index (κ1) is 10.5. The average Bonchev–Trinajstić information content (AvgIpc) is 2.38. The molecule has 1 heterocycles. The van der Waals surface area contributed by atoms with Gasteiger partial charge in [0.25, 0.3) is 0 Å². The van der Waals surface area contributed by atoms with Gasteiger partial charge in [-0.05, 0) is 41.9 Å². The molecule has 1 aliphatic rings. The summed E-state index contributed by atoms with van der Waals surface area (Å²) in [5.74, 6) is 0. The molecule has 0 spiro atoms. The summed E-state index contributed by atoms with van der Waals surface area (Å²) in [4.78, 5) is 4.23. The zero-order valence-electron chi connectivity index (χ0n) is 9.76. The number of hydrogen-bond acceptors (Lipinski definition) is 2. The molecule has 2 heteroatoms. The number of benzene rings is 1. The lowest BCUT2D eigenvalue weighted by atomic mass is 9.89. The van der Waals surface area contributed by atoms with Crippen LogP contribution in [-0.4, -0.2) is 11.0 Å². The van der Waals surface area contributed by atoms with Crippen molar-refractivity contribution in [1.82, 2.24) is 4.98 Å². The van der Waals surface area contributed by atoms with Crippen LogP contribution in [0.15, 0.2) is 42.7 Å². The van der Waals surface area contributed by atoms with Crippen molar-refractivity contribution >= 4 is 16.3 Å². The predicted octanol–water partition coefficient (Wildman–Crippen LogP) is 3.13. The van der Waals surface area contributed by atoms with Gasteiger partial charge < -0.3 is 5.73 Å². The Labute approximate surface area is 101 Å². The van der Waals surface area contributed by atoms with E-state index in [2.05, 4.69) is 35.3 Å². The van der Waals surface area contributed by atoms with Crippen LogP contribution >= 0.6 is 0 Å². The van der Waals surface area contributed by atoms with Crippen molar-refractivity contribution in [2.45, 2.75) is 25.3 Å². The summed E-state index contributed by atoms with van der Waals surface area (Å²) >= 11 is 0. The molecule has 2 N–H and O–H groups in total. The van der Waals surface area contributed by atoms with Crippen LogP contribution < -0.4 is 5.73 Å². The van der Waals surface area contributed by atoms with Crippen LogP contribution in [0.25, 0.3) is 16.3 Å². The van der Waals surface area contributed by atoms with Crippen LogP contribution in [0, 0.1) is 0 Å². The Morgan fingerprint density at radius 3 is 3.06 bits per heavy atom. The summed E-state index contributed by atoms with van der Waals surface area (Å²) in [5, 5.41) is 2.48. The third kappa shape index (κ3) is 1.96. The molecule has 0 bridgehead atoms. The molecular formula is C15H16N2. The molecule has 0 fully saturated rings. The Bertz CT molecular complexity index is 567. The molecule has 1 unspecified atom stereocenters. The van der Waals surface area contributed by atoms with Gasteiger partial charge in [0.15, 0.2) is 0 Å². The summed E-state index contributed by atoms with van der Waals surface area (Å²) in [6.07, 6.45) is 9.42. The van der Waals surface area contributed by atoms with E-state index in [1.807, 2.05) is 12.4 Å². The molecule has 86 valence electrons. The molecule has 1 aromatic carbocycles. The number of allylic oxidation sites excluding steroid dienone is 1. The Hall–Kier alpha value is -1.67. The van der Waals surface area contributed by atoms with Crippen LogP contribution in [0.5, 0.6) is 0 Å². The van der Waals surface area contributed by atoms with Gasteiger partial charge in [0.05, 0.1) is 0 Å². The largest absolute Gasteiger partial charge is 0.324 e. The van der Waals surface area contributed by atoms with E-state index >= 15 is 0 Å². The number of rotatable bonds is 1. The normalized spacial score (nSPS) is 20.3. The van der Waals surface area contributed by atoms with E-state index in [4.69, 9.17) is 5.73 Å². The van der Waals surface area contributed by atoms with Crippen molar-refractivity contribution in [3.63, 3.8) is 0 Å². The minimum atomic E-state index is 0.214. The molecule has 0 amide bonds. The maximum absolute atomic E-state index is 6.01. The quantitative estimate of drug-likeness (QED) is 0.808.